The van der Waals surface area contributed by atoms with E-state index >= 15 is 0 Å². The minimum absolute atomic E-state index is 0.186. The van der Waals surface area contributed by atoms with Crippen LogP contribution < -0.4 is 4.74 Å². The van der Waals surface area contributed by atoms with E-state index in [0.717, 1.165) is 32.8 Å². The molecular formula is C23H19ClFNO3. The Morgan fingerprint density at radius 2 is 1.97 bits per heavy atom. The number of carboxylic acids is 1. The smallest absolute Gasteiger partial charge is 0.352 e. The predicted octanol–water partition coefficient (Wildman–Crippen LogP) is 6.13. The maximum atomic E-state index is 13.4. The number of H-pyrrole nitrogens is 1. The summed E-state index contributed by atoms with van der Waals surface area (Å²) in [7, 11) is 0. The number of aromatic amines is 1. The number of fused-ring (bicyclic) bond motifs is 2. The number of halogens is 2. The second kappa shape index (κ2) is 7.76. The lowest BCUT2D eigenvalue weighted by molar-refractivity contribution is 0.0690. The van der Waals surface area contributed by atoms with Gasteiger partial charge in [-0.3, -0.25) is 0 Å². The summed E-state index contributed by atoms with van der Waals surface area (Å²) in [6.07, 6.45) is 1.18. The van der Waals surface area contributed by atoms with E-state index in [0.29, 0.717) is 30.2 Å². The van der Waals surface area contributed by atoms with Crippen molar-refractivity contribution in [3.8, 4) is 5.75 Å². The number of aryl methyl sites for hydroxylation is 2. The normalized spacial score (nSPS) is 11.3. The molecule has 4 aromatic rings. The molecule has 2 N–H and O–H groups in total. The third-order valence-corrected chi connectivity index (χ3v) is 5.53. The van der Waals surface area contributed by atoms with Gasteiger partial charge in [0.15, 0.2) is 0 Å². The quantitative estimate of drug-likeness (QED) is 0.375. The Morgan fingerprint density at radius 3 is 2.76 bits per heavy atom. The molecule has 0 aliphatic carbocycles. The van der Waals surface area contributed by atoms with E-state index in [9.17, 15) is 14.3 Å². The van der Waals surface area contributed by atoms with Gasteiger partial charge in [0.1, 0.15) is 17.3 Å². The summed E-state index contributed by atoms with van der Waals surface area (Å²) in [4.78, 5) is 14.7. The van der Waals surface area contributed by atoms with Crippen molar-refractivity contribution in [1.29, 1.82) is 0 Å². The summed E-state index contributed by atoms with van der Waals surface area (Å²) in [5, 5.41) is 12.7. The Kier molecular flexibility index (Phi) is 5.16. The van der Waals surface area contributed by atoms with Gasteiger partial charge in [0, 0.05) is 15.8 Å². The van der Waals surface area contributed by atoms with Crippen molar-refractivity contribution in [1.82, 2.24) is 4.98 Å². The number of nitrogens with one attached hydrogen (secondary N) is 1. The monoisotopic (exact) mass is 411 g/mol. The number of hydrogen-bond donors (Lipinski definition) is 2. The average Bonchev–Trinajstić information content (AvgIpc) is 3.07. The van der Waals surface area contributed by atoms with Crippen molar-refractivity contribution in [3.63, 3.8) is 0 Å². The molecule has 0 atom stereocenters. The lowest BCUT2D eigenvalue weighted by Gasteiger charge is -2.10. The van der Waals surface area contributed by atoms with Crippen LogP contribution >= 0.6 is 11.6 Å². The molecule has 0 radical (unpaired) electrons. The molecule has 3 aromatic carbocycles. The van der Waals surface area contributed by atoms with E-state index < -0.39 is 5.97 Å². The van der Waals surface area contributed by atoms with E-state index in [1.807, 2.05) is 31.2 Å². The van der Waals surface area contributed by atoms with Crippen molar-refractivity contribution in [2.45, 2.75) is 19.8 Å². The summed E-state index contributed by atoms with van der Waals surface area (Å²) in [5.41, 5.74) is 2.51. The molecule has 6 heteroatoms. The highest BCUT2D eigenvalue weighted by Gasteiger charge is 2.18. The first-order chi connectivity index (χ1) is 14.0. The Labute approximate surface area is 171 Å². The summed E-state index contributed by atoms with van der Waals surface area (Å²) in [5.74, 6) is -0.600. The number of carbonyl (C=O) groups is 1. The van der Waals surface area contributed by atoms with E-state index in [4.69, 9.17) is 16.3 Å². The average molecular weight is 412 g/mol. The third-order valence-electron chi connectivity index (χ3n) is 5.12. The van der Waals surface area contributed by atoms with Crippen molar-refractivity contribution >= 4 is 39.2 Å². The fraction of sp³-hybridized carbons (Fsp3) is 0.174. The first kappa shape index (κ1) is 19.3. The number of aromatic carboxylic acids is 1. The molecule has 0 aliphatic heterocycles. The number of hydrogen-bond acceptors (Lipinski definition) is 2. The Morgan fingerprint density at radius 1 is 1.17 bits per heavy atom. The number of carboxylic acid groups (broad SMARTS) is 1. The van der Waals surface area contributed by atoms with E-state index in [1.165, 1.54) is 12.1 Å². The maximum Gasteiger partial charge on any atom is 0.352 e. The Hall–Kier alpha value is -3.05. The van der Waals surface area contributed by atoms with Gasteiger partial charge >= 0.3 is 5.97 Å². The van der Waals surface area contributed by atoms with Gasteiger partial charge in [-0.25, -0.2) is 9.18 Å². The summed E-state index contributed by atoms with van der Waals surface area (Å²) in [6.45, 7) is 2.28. The highest BCUT2D eigenvalue weighted by Crippen LogP contribution is 2.31. The van der Waals surface area contributed by atoms with Gasteiger partial charge in [0.25, 0.3) is 0 Å². The standard InChI is InChI=1S/C23H19ClFNO3/c1-13-19(24)10-9-18-17(22(23(27)28)26-21(13)18)5-3-11-29-20-6-2-4-14-12-15(25)7-8-16(14)20/h2,4,6-10,12,26H,3,5,11H2,1H3,(H,27,28). The first-order valence-electron chi connectivity index (χ1n) is 9.29. The molecule has 4 nitrogen and oxygen atoms in total. The van der Waals surface area contributed by atoms with E-state index in [2.05, 4.69) is 4.98 Å². The highest BCUT2D eigenvalue weighted by atomic mass is 35.5. The van der Waals surface area contributed by atoms with Crippen LogP contribution in [0.1, 0.15) is 28.0 Å². The van der Waals surface area contributed by atoms with Gasteiger partial charge in [-0.1, -0.05) is 29.8 Å². The zero-order valence-corrected chi connectivity index (χ0v) is 16.5. The molecule has 148 valence electrons. The van der Waals surface area contributed by atoms with Gasteiger partial charge in [-0.15, -0.1) is 0 Å². The summed E-state index contributed by atoms with van der Waals surface area (Å²) >= 11 is 6.17. The van der Waals surface area contributed by atoms with Crippen molar-refractivity contribution in [2.24, 2.45) is 0 Å². The summed E-state index contributed by atoms with van der Waals surface area (Å²) in [6, 6.07) is 13.7. The molecule has 0 aliphatic rings. The van der Waals surface area contributed by atoms with E-state index in [-0.39, 0.29) is 11.5 Å². The van der Waals surface area contributed by atoms with Crippen molar-refractivity contribution < 1.29 is 19.0 Å². The lowest BCUT2D eigenvalue weighted by Crippen LogP contribution is -2.04. The molecule has 0 unspecified atom stereocenters. The Balaban J connectivity index is 1.53. The van der Waals surface area contributed by atoms with Crippen LogP contribution in [-0.4, -0.2) is 22.7 Å². The second-order valence-electron chi connectivity index (χ2n) is 6.95. The van der Waals surface area contributed by atoms with Gasteiger partial charge in [-0.2, -0.15) is 0 Å². The highest BCUT2D eigenvalue weighted by molar-refractivity contribution is 6.32. The Bertz CT molecular complexity index is 1230. The number of rotatable bonds is 6. The van der Waals surface area contributed by atoms with Crippen LogP contribution in [0.2, 0.25) is 5.02 Å². The molecule has 0 amide bonds. The SMILES string of the molecule is Cc1c(Cl)ccc2c(CCCOc3cccc4cc(F)ccc34)c(C(=O)O)[nH]c12. The number of benzene rings is 3. The number of aromatic nitrogens is 1. The van der Waals surface area contributed by atoms with Crippen LogP contribution in [-0.2, 0) is 6.42 Å². The molecule has 0 spiro atoms. The van der Waals surface area contributed by atoms with Crippen LogP contribution in [0.3, 0.4) is 0 Å². The molecule has 29 heavy (non-hydrogen) atoms. The summed E-state index contributed by atoms with van der Waals surface area (Å²) < 4.78 is 19.3. The largest absolute Gasteiger partial charge is 0.493 e. The molecule has 0 saturated heterocycles. The van der Waals surface area contributed by atoms with Crippen LogP contribution in [0.15, 0.2) is 48.5 Å². The minimum atomic E-state index is -0.997. The van der Waals surface area contributed by atoms with Crippen LogP contribution in [0.4, 0.5) is 4.39 Å². The van der Waals surface area contributed by atoms with Gasteiger partial charge in [0.05, 0.1) is 12.1 Å². The minimum Gasteiger partial charge on any atom is -0.493 e. The zero-order valence-electron chi connectivity index (χ0n) is 15.8. The fourth-order valence-electron chi connectivity index (χ4n) is 3.66. The van der Waals surface area contributed by atoms with Crippen LogP contribution in [0.25, 0.3) is 21.7 Å². The van der Waals surface area contributed by atoms with Gasteiger partial charge in [-0.05, 0) is 66.6 Å². The van der Waals surface area contributed by atoms with Gasteiger partial charge < -0.3 is 14.8 Å². The van der Waals surface area contributed by atoms with E-state index in [1.54, 1.807) is 12.1 Å². The molecular weight excluding hydrogens is 393 g/mol. The third kappa shape index (κ3) is 3.66. The van der Waals surface area contributed by atoms with Gasteiger partial charge in [0.2, 0.25) is 0 Å². The molecule has 0 bridgehead atoms. The van der Waals surface area contributed by atoms with Crippen molar-refractivity contribution in [3.05, 3.63) is 76.2 Å². The molecule has 0 fully saturated rings. The number of ether oxygens (including phenoxy) is 1. The molecule has 4 rings (SSSR count). The maximum absolute atomic E-state index is 13.4. The van der Waals surface area contributed by atoms with Crippen LogP contribution in [0.5, 0.6) is 5.75 Å². The zero-order chi connectivity index (χ0) is 20.5. The second-order valence-corrected chi connectivity index (χ2v) is 7.36. The van der Waals surface area contributed by atoms with Crippen molar-refractivity contribution in [2.75, 3.05) is 6.61 Å². The predicted molar refractivity (Wildman–Crippen MR) is 113 cm³/mol. The topological polar surface area (TPSA) is 62.3 Å². The van der Waals surface area contributed by atoms with Crippen LogP contribution in [0, 0.1) is 12.7 Å². The molecule has 0 saturated carbocycles. The lowest BCUT2D eigenvalue weighted by atomic mass is 10.0. The molecule has 1 aromatic heterocycles. The molecule has 1 heterocycles. The first-order valence-corrected chi connectivity index (χ1v) is 9.67. The fourth-order valence-corrected chi connectivity index (χ4v) is 3.82.